The van der Waals surface area contributed by atoms with Gasteiger partial charge < -0.3 is 14.7 Å². The molecular weight excluding hydrogens is 400 g/mol. The van der Waals surface area contributed by atoms with Gasteiger partial charge in [0.05, 0.1) is 5.56 Å². The fourth-order valence-electron chi connectivity index (χ4n) is 6.35. The molecule has 4 aliphatic rings. The highest BCUT2D eigenvalue weighted by atomic mass is 16.2. The van der Waals surface area contributed by atoms with Crippen molar-refractivity contribution in [3.8, 4) is 0 Å². The van der Waals surface area contributed by atoms with Crippen molar-refractivity contribution in [2.45, 2.75) is 44.7 Å². The summed E-state index contributed by atoms with van der Waals surface area (Å²) in [6.45, 7) is 4.21. The van der Waals surface area contributed by atoms with Crippen molar-refractivity contribution >= 4 is 17.6 Å². The maximum Gasteiger partial charge on any atom is 0.255 e. The fraction of sp³-hybridized carbons (Fsp3) is 0.500. The number of benzene rings is 1. The predicted molar refractivity (Wildman–Crippen MR) is 122 cm³/mol. The van der Waals surface area contributed by atoms with Gasteiger partial charge in [-0.05, 0) is 60.8 Å². The summed E-state index contributed by atoms with van der Waals surface area (Å²) in [7, 11) is 0. The quantitative estimate of drug-likeness (QED) is 0.735. The van der Waals surface area contributed by atoms with E-state index >= 15 is 0 Å². The number of anilines is 1. The van der Waals surface area contributed by atoms with Crippen LogP contribution in [0.15, 0.2) is 42.6 Å². The topological polar surface area (TPSA) is 56.8 Å². The Bertz CT molecular complexity index is 1040. The number of hydrogen-bond donors (Lipinski definition) is 0. The van der Waals surface area contributed by atoms with E-state index in [1.807, 2.05) is 23.1 Å². The molecule has 6 nitrogen and oxygen atoms in total. The third-order valence-corrected chi connectivity index (χ3v) is 7.92. The van der Waals surface area contributed by atoms with Gasteiger partial charge in [-0.1, -0.05) is 24.3 Å². The summed E-state index contributed by atoms with van der Waals surface area (Å²) in [5.41, 5.74) is 3.25. The van der Waals surface area contributed by atoms with E-state index in [1.165, 1.54) is 17.5 Å². The van der Waals surface area contributed by atoms with Crippen molar-refractivity contribution in [3.05, 3.63) is 59.3 Å². The standard InChI is InChI=1S/C26H30N4O2/c31-25-7-3-6-23-22-12-18(15-30(23)25)14-29(17-22)24-9-8-20(13-27-24)26(32)28-11-10-19-4-1-2-5-21(19)16-28/h1-2,4-5,8-9,13,18,22-23H,3,6-7,10-12,14-17H2/t18?,22?,23-/m1/s1. The van der Waals surface area contributed by atoms with E-state index in [0.717, 1.165) is 57.7 Å². The van der Waals surface area contributed by atoms with Gasteiger partial charge >= 0.3 is 0 Å². The molecule has 2 bridgehead atoms. The van der Waals surface area contributed by atoms with Crippen molar-refractivity contribution in [1.29, 1.82) is 0 Å². The minimum Gasteiger partial charge on any atom is -0.356 e. The molecule has 4 aliphatic heterocycles. The van der Waals surface area contributed by atoms with Gasteiger partial charge in [-0.2, -0.15) is 0 Å². The number of pyridine rings is 1. The molecule has 3 fully saturated rings. The molecule has 2 unspecified atom stereocenters. The fourth-order valence-corrected chi connectivity index (χ4v) is 6.35. The first-order chi connectivity index (χ1) is 15.7. The molecule has 1 aromatic heterocycles. The number of carbonyl (C=O) groups is 2. The molecule has 0 saturated carbocycles. The minimum absolute atomic E-state index is 0.0606. The number of piperidine rings is 3. The van der Waals surface area contributed by atoms with E-state index in [1.54, 1.807) is 6.20 Å². The summed E-state index contributed by atoms with van der Waals surface area (Å²) in [6.07, 6.45) is 6.76. The lowest BCUT2D eigenvalue weighted by Gasteiger charge is -2.52. The number of fused-ring (bicyclic) bond motifs is 5. The van der Waals surface area contributed by atoms with Crippen molar-refractivity contribution < 1.29 is 9.59 Å². The van der Waals surface area contributed by atoms with Crippen LogP contribution < -0.4 is 4.90 Å². The zero-order chi connectivity index (χ0) is 21.7. The molecule has 2 aromatic rings. The van der Waals surface area contributed by atoms with Crippen molar-refractivity contribution in [3.63, 3.8) is 0 Å². The van der Waals surface area contributed by atoms with Gasteiger partial charge in [0.2, 0.25) is 5.91 Å². The summed E-state index contributed by atoms with van der Waals surface area (Å²) >= 11 is 0. The summed E-state index contributed by atoms with van der Waals surface area (Å²) in [5.74, 6) is 2.42. The zero-order valence-corrected chi connectivity index (χ0v) is 18.4. The monoisotopic (exact) mass is 430 g/mol. The summed E-state index contributed by atoms with van der Waals surface area (Å²) in [5, 5.41) is 0. The minimum atomic E-state index is 0.0606. The van der Waals surface area contributed by atoms with Crippen molar-refractivity contribution in [1.82, 2.24) is 14.8 Å². The molecule has 0 spiro atoms. The molecule has 2 amide bonds. The highest BCUT2D eigenvalue weighted by Gasteiger charge is 2.44. The van der Waals surface area contributed by atoms with Crippen LogP contribution in [0.25, 0.3) is 0 Å². The normalized spacial score (nSPS) is 27.1. The number of rotatable bonds is 2. The highest BCUT2D eigenvalue weighted by Crippen LogP contribution is 2.38. The van der Waals surface area contributed by atoms with Crippen LogP contribution in [-0.2, 0) is 17.8 Å². The van der Waals surface area contributed by atoms with Gasteiger partial charge in [-0.3, -0.25) is 9.59 Å². The Morgan fingerprint density at radius 1 is 1.00 bits per heavy atom. The molecule has 0 aliphatic carbocycles. The number of carbonyl (C=O) groups excluding carboxylic acids is 2. The lowest BCUT2D eigenvalue weighted by Crippen LogP contribution is -2.60. The molecule has 3 atom stereocenters. The number of hydrogen-bond acceptors (Lipinski definition) is 4. The molecule has 5 heterocycles. The molecule has 0 radical (unpaired) electrons. The first-order valence-electron chi connectivity index (χ1n) is 12.0. The second-order valence-electron chi connectivity index (χ2n) is 9.92. The largest absolute Gasteiger partial charge is 0.356 e. The Morgan fingerprint density at radius 2 is 1.88 bits per heavy atom. The lowest BCUT2D eigenvalue weighted by molar-refractivity contribution is -0.142. The van der Waals surface area contributed by atoms with Gasteiger partial charge in [-0.15, -0.1) is 0 Å². The summed E-state index contributed by atoms with van der Waals surface area (Å²) in [6, 6.07) is 12.7. The number of nitrogens with zero attached hydrogens (tertiary/aromatic N) is 4. The van der Waals surface area contributed by atoms with Gasteiger partial charge in [0, 0.05) is 51.4 Å². The molecule has 0 N–H and O–H groups in total. The van der Waals surface area contributed by atoms with Crippen LogP contribution in [0.3, 0.4) is 0 Å². The SMILES string of the molecule is O=C(c1ccc(N2CC3CC(C2)[C@H]2CCCC(=O)N2C3)nc1)N1CCc2ccccc2C1. The zero-order valence-electron chi connectivity index (χ0n) is 18.4. The van der Waals surface area contributed by atoms with Crippen molar-refractivity contribution in [2.24, 2.45) is 11.8 Å². The van der Waals surface area contributed by atoms with Crippen LogP contribution in [0, 0.1) is 11.8 Å². The molecule has 3 saturated heterocycles. The molecule has 166 valence electrons. The molecule has 6 heteroatoms. The third kappa shape index (κ3) is 3.46. The Kier molecular flexibility index (Phi) is 4.89. The number of amides is 2. The van der Waals surface area contributed by atoms with Crippen LogP contribution in [0.5, 0.6) is 0 Å². The smallest absolute Gasteiger partial charge is 0.255 e. The lowest BCUT2D eigenvalue weighted by atomic mass is 9.76. The Labute approximate surface area is 189 Å². The van der Waals surface area contributed by atoms with E-state index < -0.39 is 0 Å². The van der Waals surface area contributed by atoms with Crippen molar-refractivity contribution in [2.75, 3.05) is 31.1 Å². The van der Waals surface area contributed by atoms with E-state index in [9.17, 15) is 9.59 Å². The van der Waals surface area contributed by atoms with Crippen LogP contribution in [0.2, 0.25) is 0 Å². The maximum atomic E-state index is 13.1. The first kappa shape index (κ1) is 19.8. The predicted octanol–water partition coefficient (Wildman–Crippen LogP) is 3.12. The Morgan fingerprint density at radius 3 is 2.72 bits per heavy atom. The summed E-state index contributed by atoms with van der Waals surface area (Å²) < 4.78 is 0. The number of aromatic nitrogens is 1. The van der Waals surface area contributed by atoms with Gasteiger partial charge in [-0.25, -0.2) is 4.98 Å². The molecule has 6 rings (SSSR count). The van der Waals surface area contributed by atoms with E-state index in [-0.39, 0.29) is 5.91 Å². The Balaban J connectivity index is 1.15. The second kappa shape index (κ2) is 7.91. The summed E-state index contributed by atoms with van der Waals surface area (Å²) in [4.78, 5) is 36.6. The maximum absolute atomic E-state index is 13.1. The van der Waals surface area contributed by atoms with Gasteiger partial charge in [0.1, 0.15) is 5.82 Å². The second-order valence-corrected chi connectivity index (χ2v) is 9.92. The van der Waals surface area contributed by atoms with E-state index in [2.05, 4.69) is 28.0 Å². The van der Waals surface area contributed by atoms with Crippen LogP contribution in [0.1, 0.15) is 47.2 Å². The van der Waals surface area contributed by atoms with E-state index in [4.69, 9.17) is 4.98 Å². The third-order valence-electron chi connectivity index (χ3n) is 7.92. The Hall–Kier alpha value is -2.89. The molecule has 1 aromatic carbocycles. The van der Waals surface area contributed by atoms with Gasteiger partial charge in [0.15, 0.2) is 0 Å². The average Bonchev–Trinajstić information content (AvgIpc) is 2.84. The van der Waals surface area contributed by atoms with Crippen LogP contribution >= 0.6 is 0 Å². The van der Waals surface area contributed by atoms with Crippen LogP contribution in [0.4, 0.5) is 5.82 Å². The van der Waals surface area contributed by atoms with E-state index in [0.29, 0.717) is 35.9 Å². The highest BCUT2D eigenvalue weighted by molar-refractivity contribution is 5.94. The van der Waals surface area contributed by atoms with Crippen LogP contribution in [-0.4, -0.2) is 58.8 Å². The molecular formula is C26H30N4O2. The van der Waals surface area contributed by atoms with Gasteiger partial charge in [0.25, 0.3) is 5.91 Å². The first-order valence-corrected chi connectivity index (χ1v) is 12.0. The molecule has 32 heavy (non-hydrogen) atoms. The average molecular weight is 431 g/mol.